The Morgan fingerprint density at radius 1 is 1.58 bits per heavy atom. The van der Waals surface area contributed by atoms with E-state index < -0.39 is 5.97 Å². The maximum absolute atomic E-state index is 10.2. The van der Waals surface area contributed by atoms with E-state index in [2.05, 4.69) is 25.3 Å². The Hall–Kier alpha value is -1.23. The third-order valence-electron chi connectivity index (χ3n) is 1.29. The molecule has 0 radical (unpaired) electrons. The van der Waals surface area contributed by atoms with Crippen molar-refractivity contribution in [3.63, 3.8) is 0 Å². The molecule has 0 rings (SSSR count). The quantitative estimate of drug-likeness (QED) is 0.513. The third kappa shape index (κ3) is 6.88. The Morgan fingerprint density at radius 2 is 2.25 bits per heavy atom. The number of carbonyl (C=O) groups is 1. The van der Waals surface area contributed by atoms with E-state index in [-0.39, 0.29) is 6.42 Å². The number of carboxylic acids is 1. The molecule has 2 nitrogen and oxygen atoms in total. The summed E-state index contributed by atoms with van der Waals surface area (Å²) in [5, 5.41) is 8.36. The lowest BCUT2D eigenvalue weighted by atomic mass is 10.2. The van der Waals surface area contributed by atoms with Gasteiger partial charge in [0.25, 0.3) is 0 Å². The summed E-state index contributed by atoms with van der Waals surface area (Å²) < 4.78 is 0. The second-order valence-corrected chi connectivity index (χ2v) is 2.58. The molecule has 0 aromatic carbocycles. The molecule has 0 aromatic heterocycles. The minimum Gasteiger partial charge on any atom is -0.481 e. The zero-order chi connectivity index (χ0) is 9.40. The summed E-state index contributed by atoms with van der Waals surface area (Å²) in [6.07, 6.45) is 2.96. The monoisotopic (exact) mass is 166 g/mol. The van der Waals surface area contributed by atoms with Crippen LogP contribution in [0.15, 0.2) is 12.2 Å². The van der Waals surface area contributed by atoms with Crippen LogP contribution in [0.4, 0.5) is 0 Å². The second kappa shape index (κ2) is 6.48. The molecule has 0 heterocycles. The highest BCUT2D eigenvalue weighted by molar-refractivity contribution is 5.71. The third-order valence-corrected chi connectivity index (χ3v) is 1.29. The molecule has 66 valence electrons. The van der Waals surface area contributed by atoms with Crippen LogP contribution in [0.5, 0.6) is 0 Å². The molecule has 0 spiro atoms. The molecular weight excluding hydrogens is 152 g/mol. The molecule has 0 aliphatic heterocycles. The molecule has 0 bridgehead atoms. The number of carboxylic acid groups (broad SMARTS) is 1. The van der Waals surface area contributed by atoms with Gasteiger partial charge in [0, 0.05) is 12.0 Å². The van der Waals surface area contributed by atoms with E-state index in [1.807, 2.05) is 0 Å². The summed E-state index contributed by atoms with van der Waals surface area (Å²) in [4.78, 5) is 10.2. The molecule has 0 atom stereocenters. The van der Waals surface area contributed by atoms with Gasteiger partial charge in [0.1, 0.15) is 0 Å². The first-order chi connectivity index (χ1) is 5.66. The van der Waals surface area contributed by atoms with Gasteiger partial charge in [-0.1, -0.05) is 31.8 Å². The average Bonchev–Trinajstić information content (AvgIpc) is 1.97. The number of hydrogen-bond acceptors (Lipinski definition) is 1. The lowest BCUT2D eigenvalue weighted by molar-refractivity contribution is -0.136. The molecule has 0 unspecified atom stereocenters. The van der Waals surface area contributed by atoms with Gasteiger partial charge in [0.15, 0.2) is 0 Å². The van der Waals surface area contributed by atoms with Crippen LogP contribution in [0.2, 0.25) is 0 Å². The summed E-state index contributed by atoms with van der Waals surface area (Å²) >= 11 is 0. The molecule has 0 aromatic rings. The van der Waals surface area contributed by atoms with Crippen LogP contribution in [0.1, 0.15) is 32.6 Å². The van der Waals surface area contributed by atoms with Gasteiger partial charge in [-0.25, -0.2) is 0 Å². The molecule has 1 N–H and O–H groups in total. The van der Waals surface area contributed by atoms with Crippen molar-refractivity contribution in [1.29, 1.82) is 0 Å². The van der Waals surface area contributed by atoms with Gasteiger partial charge in [0.2, 0.25) is 0 Å². The average molecular weight is 166 g/mol. The van der Waals surface area contributed by atoms with E-state index in [0.717, 1.165) is 19.3 Å². The van der Waals surface area contributed by atoms with Crippen molar-refractivity contribution in [3.05, 3.63) is 12.2 Å². The van der Waals surface area contributed by atoms with Crippen molar-refractivity contribution in [2.75, 3.05) is 0 Å². The smallest absolute Gasteiger partial charge is 0.308 e. The van der Waals surface area contributed by atoms with E-state index in [0.29, 0.717) is 5.57 Å². The summed E-state index contributed by atoms with van der Waals surface area (Å²) in [7, 11) is 0. The first-order valence-corrected chi connectivity index (χ1v) is 4.05. The van der Waals surface area contributed by atoms with Gasteiger partial charge in [-0.3, -0.25) is 4.79 Å². The highest BCUT2D eigenvalue weighted by Gasteiger charge is 1.96. The molecule has 0 aliphatic rings. The van der Waals surface area contributed by atoms with Gasteiger partial charge in [-0.15, -0.1) is 0 Å². The van der Waals surface area contributed by atoms with Gasteiger partial charge < -0.3 is 5.11 Å². The Kier molecular flexibility index (Phi) is 5.81. The number of aliphatic carboxylic acids is 1. The van der Waals surface area contributed by atoms with Crippen LogP contribution in [0.25, 0.3) is 0 Å². The summed E-state index contributed by atoms with van der Waals surface area (Å²) in [5.74, 6) is 4.73. The van der Waals surface area contributed by atoms with E-state index in [4.69, 9.17) is 5.11 Å². The summed E-state index contributed by atoms with van der Waals surface area (Å²) in [6, 6.07) is 0. The molecule has 0 aliphatic carbocycles. The lowest BCUT2D eigenvalue weighted by Gasteiger charge is -1.89. The van der Waals surface area contributed by atoms with Crippen LogP contribution < -0.4 is 0 Å². The fourth-order valence-electron chi connectivity index (χ4n) is 0.679. The van der Waals surface area contributed by atoms with Crippen molar-refractivity contribution in [3.8, 4) is 11.8 Å². The van der Waals surface area contributed by atoms with Gasteiger partial charge in [-0.2, -0.15) is 0 Å². The first kappa shape index (κ1) is 10.8. The number of rotatable bonds is 4. The topological polar surface area (TPSA) is 37.3 Å². The normalized spacial score (nSPS) is 8.42. The minimum atomic E-state index is -0.871. The summed E-state index contributed by atoms with van der Waals surface area (Å²) in [5.41, 5.74) is 0.485. The minimum absolute atomic E-state index is 0.0425. The largest absolute Gasteiger partial charge is 0.481 e. The highest BCUT2D eigenvalue weighted by Crippen LogP contribution is 1.96. The van der Waals surface area contributed by atoms with Crippen molar-refractivity contribution < 1.29 is 9.90 Å². The maximum Gasteiger partial charge on any atom is 0.308 e. The fraction of sp³-hybridized carbons (Fsp3) is 0.500. The van der Waals surface area contributed by atoms with Crippen molar-refractivity contribution in [1.82, 2.24) is 0 Å². The SMILES string of the molecule is C=C(C#CCCCC)CC(=O)O. The molecule has 0 fully saturated rings. The number of hydrogen-bond donors (Lipinski definition) is 1. The van der Waals surface area contributed by atoms with E-state index in [1.54, 1.807) is 0 Å². The zero-order valence-electron chi connectivity index (χ0n) is 7.39. The Labute approximate surface area is 73.3 Å². The molecule has 0 amide bonds. The van der Waals surface area contributed by atoms with Gasteiger partial charge in [-0.05, 0) is 6.42 Å². The molecule has 2 heteroatoms. The van der Waals surface area contributed by atoms with Crippen molar-refractivity contribution in [2.24, 2.45) is 0 Å². The molecule has 12 heavy (non-hydrogen) atoms. The predicted molar refractivity (Wildman–Crippen MR) is 48.7 cm³/mol. The maximum atomic E-state index is 10.2. The number of unbranched alkanes of at least 4 members (excludes halogenated alkanes) is 2. The van der Waals surface area contributed by atoms with E-state index in [9.17, 15) is 4.79 Å². The Morgan fingerprint density at radius 3 is 2.75 bits per heavy atom. The van der Waals surface area contributed by atoms with Crippen LogP contribution in [-0.2, 0) is 4.79 Å². The van der Waals surface area contributed by atoms with Crippen LogP contribution in [0.3, 0.4) is 0 Å². The Bertz CT molecular complexity index is 218. The van der Waals surface area contributed by atoms with Crippen molar-refractivity contribution >= 4 is 5.97 Å². The second-order valence-electron chi connectivity index (χ2n) is 2.58. The lowest BCUT2D eigenvalue weighted by Crippen LogP contribution is -1.94. The molecule has 0 saturated heterocycles. The van der Waals surface area contributed by atoms with Crippen LogP contribution >= 0.6 is 0 Å². The van der Waals surface area contributed by atoms with E-state index >= 15 is 0 Å². The van der Waals surface area contributed by atoms with Crippen LogP contribution in [0, 0.1) is 11.8 Å². The highest BCUT2D eigenvalue weighted by atomic mass is 16.4. The van der Waals surface area contributed by atoms with E-state index in [1.165, 1.54) is 0 Å². The predicted octanol–water partition coefficient (Wildman–Crippen LogP) is 2.21. The summed E-state index contributed by atoms with van der Waals surface area (Å²) in [6.45, 7) is 5.63. The first-order valence-electron chi connectivity index (χ1n) is 4.05. The zero-order valence-corrected chi connectivity index (χ0v) is 7.39. The Balaban J connectivity index is 3.64. The van der Waals surface area contributed by atoms with Crippen LogP contribution in [-0.4, -0.2) is 11.1 Å². The molecule has 0 saturated carbocycles. The van der Waals surface area contributed by atoms with Gasteiger partial charge in [0.05, 0.1) is 6.42 Å². The van der Waals surface area contributed by atoms with Gasteiger partial charge >= 0.3 is 5.97 Å². The fourth-order valence-corrected chi connectivity index (χ4v) is 0.679. The molecular formula is C10H14O2. The standard InChI is InChI=1S/C10H14O2/c1-3-4-5-6-7-9(2)8-10(11)12/h2-5,8H2,1H3,(H,11,12). The van der Waals surface area contributed by atoms with Crippen molar-refractivity contribution in [2.45, 2.75) is 32.6 Å².